The number of aryl methyl sites for hydroxylation is 3. The minimum atomic E-state index is -0.243. The van der Waals surface area contributed by atoms with Crippen molar-refractivity contribution in [3.05, 3.63) is 57.3 Å². The van der Waals surface area contributed by atoms with Gasteiger partial charge < -0.3 is 5.32 Å². The zero-order valence-corrected chi connectivity index (χ0v) is 19.5. The lowest BCUT2D eigenvalue weighted by atomic mass is 9.92. The predicted octanol–water partition coefficient (Wildman–Crippen LogP) is 3.38. The summed E-state index contributed by atoms with van der Waals surface area (Å²) in [6.07, 6.45) is 4.86. The highest BCUT2D eigenvalue weighted by Crippen LogP contribution is 2.26. The van der Waals surface area contributed by atoms with E-state index in [1.807, 2.05) is 40.7 Å². The van der Waals surface area contributed by atoms with Crippen molar-refractivity contribution in [3.8, 4) is 5.95 Å². The Bertz CT molecular complexity index is 1350. The highest BCUT2D eigenvalue weighted by molar-refractivity contribution is 7.18. The number of carbonyl (C=O) groups is 1. The van der Waals surface area contributed by atoms with Crippen LogP contribution in [0.1, 0.15) is 43.3 Å². The van der Waals surface area contributed by atoms with E-state index in [4.69, 9.17) is 0 Å². The fourth-order valence-corrected chi connectivity index (χ4v) is 4.23. The summed E-state index contributed by atoms with van der Waals surface area (Å²) in [5.74, 6) is 0.608. The molecule has 0 atom stereocenters. The summed E-state index contributed by atoms with van der Waals surface area (Å²) < 4.78 is 3.01. The van der Waals surface area contributed by atoms with Crippen molar-refractivity contribution >= 4 is 33.3 Å². The molecule has 10 heteroatoms. The van der Waals surface area contributed by atoms with E-state index in [-0.39, 0.29) is 29.8 Å². The second-order valence-electron chi connectivity index (χ2n) is 8.63. The monoisotopic (exact) mass is 451 g/mol. The zero-order chi connectivity index (χ0) is 23.0. The number of nitrogens with one attached hydrogen (secondary N) is 1. The third-order valence-corrected chi connectivity index (χ3v) is 6.34. The lowest BCUT2D eigenvalue weighted by molar-refractivity contribution is -0.116. The first-order valence-electron chi connectivity index (χ1n) is 10.3. The second-order valence-corrected chi connectivity index (χ2v) is 9.83. The molecule has 0 spiro atoms. The SMILES string of the molecule is Cc1sc2ncn(CCC(=O)Nc3cc(C(C)(C)C)nn3-c3ncccn3)c(=O)c2c1C. The number of anilines is 1. The molecule has 9 nitrogen and oxygen atoms in total. The van der Waals surface area contributed by atoms with Crippen LogP contribution in [0.3, 0.4) is 0 Å². The lowest BCUT2D eigenvalue weighted by Gasteiger charge is -2.13. The smallest absolute Gasteiger partial charge is 0.262 e. The van der Waals surface area contributed by atoms with E-state index in [0.29, 0.717) is 17.2 Å². The zero-order valence-electron chi connectivity index (χ0n) is 18.7. The molecule has 0 unspecified atom stereocenters. The van der Waals surface area contributed by atoms with Gasteiger partial charge in [-0.25, -0.2) is 15.0 Å². The van der Waals surface area contributed by atoms with E-state index < -0.39 is 0 Å². The molecule has 0 aliphatic heterocycles. The van der Waals surface area contributed by atoms with Crippen LogP contribution in [0.5, 0.6) is 0 Å². The van der Waals surface area contributed by atoms with Crippen LogP contribution in [0.4, 0.5) is 5.82 Å². The van der Waals surface area contributed by atoms with Gasteiger partial charge in [0, 0.05) is 41.7 Å². The summed E-state index contributed by atoms with van der Waals surface area (Å²) in [6, 6.07) is 3.54. The van der Waals surface area contributed by atoms with Gasteiger partial charge in [0.2, 0.25) is 5.91 Å². The summed E-state index contributed by atoms with van der Waals surface area (Å²) in [5, 5.41) is 8.12. The molecule has 1 N–H and O–H groups in total. The lowest BCUT2D eigenvalue weighted by Crippen LogP contribution is -2.24. The van der Waals surface area contributed by atoms with Crippen LogP contribution < -0.4 is 10.9 Å². The van der Waals surface area contributed by atoms with Crippen molar-refractivity contribution < 1.29 is 4.79 Å². The topological polar surface area (TPSA) is 108 Å². The number of nitrogens with zero attached hydrogens (tertiary/aromatic N) is 6. The van der Waals surface area contributed by atoms with Crippen LogP contribution >= 0.6 is 11.3 Å². The highest BCUT2D eigenvalue weighted by Gasteiger charge is 2.22. The summed E-state index contributed by atoms with van der Waals surface area (Å²) in [7, 11) is 0. The van der Waals surface area contributed by atoms with Crippen LogP contribution in [0.2, 0.25) is 0 Å². The molecule has 0 bridgehead atoms. The Balaban J connectivity index is 1.55. The van der Waals surface area contributed by atoms with Gasteiger partial charge in [-0.2, -0.15) is 9.78 Å². The first kappa shape index (κ1) is 21.8. The minimum absolute atomic E-state index is 0.112. The van der Waals surface area contributed by atoms with Crippen LogP contribution in [0.15, 0.2) is 35.6 Å². The summed E-state index contributed by atoms with van der Waals surface area (Å²) in [6.45, 7) is 10.3. The van der Waals surface area contributed by atoms with Crippen molar-refractivity contribution in [3.63, 3.8) is 0 Å². The quantitative estimate of drug-likeness (QED) is 0.498. The Morgan fingerprint density at radius 3 is 2.56 bits per heavy atom. The maximum Gasteiger partial charge on any atom is 0.262 e. The third kappa shape index (κ3) is 4.18. The molecule has 4 aromatic heterocycles. The van der Waals surface area contributed by atoms with Crippen molar-refractivity contribution in [2.75, 3.05) is 5.32 Å². The van der Waals surface area contributed by atoms with Gasteiger partial charge >= 0.3 is 0 Å². The number of fused-ring (bicyclic) bond motifs is 1. The largest absolute Gasteiger partial charge is 0.310 e. The number of hydrogen-bond acceptors (Lipinski definition) is 7. The van der Waals surface area contributed by atoms with E-state index in [1.165, 1.54) is 26.9 Å². The molecule has 32 heavy (non-hydrogen) atoms. The van der Waals surface area contributed by atoms with E-state index >= 15 is 0 Å². The molecule has 0 saturated carbocycles. The Kier molecular flexibility index (Phi) is 5.64. The average Bonchev–Trinajstić information content (AvgIpc) is 3.29. The molecule has 4 aromatic rings. The van der Waals surface area contributed by atoms with Crippen LogP contribution in [-0.4, -0.2) is 35.2 Å². The number of thiophene rings is 1. The normalized spacial score (nSPS) is 11.8. The Hall–Kier alpha value is -3.40. The van der Waals surface area contributed by atoms with Crippen molar-refractivity contribution in [1.82, 2.24) is 29.3 Å². The molecule has 0 radical (unpaired) electrons. The average molecular weight is 452 g/mol. The first-order valence-corrected chi connectivity index (χ1v) is 11.1. The van der Waals surface area contributed by atoms with E-state index in [1.54, 1.807) is 18.5 Å². The number of aromatic nitrogens is 6. The molecule has 0 aliphatic rings. The van der Waals surface area contributed by atoms with E-state index in [0.717, 1.165) is 21.0 Å². The second kappa shape index (κ2) is 8.27. The van der Waals surface area contributed by atoms with Gasteiger partial charge in [-0.15, -0.1) is 11.3 Å². The fourth-order valence-electron chi connectivity index (χ4n) is 3.25. The third-order valence-electron chi connectivity index (χ3n) is 5.22. The Labute approximate surface area is 189 Å². The maximum absolute atomic E-state index is 12.9. The molecule has 4 heterocycles. The molecule has 0 fully saturated rings. The minimum Gasteiger partial charge on any atom is -0.310 e. The van der Waals surface area contributed by atoms with Gasteiger partial charge in [-0.1, -0.05) is 20.8 Å². The fraction of sp³-hybridized carbons (Fsp3) is 0.364. The maximum atomic E-state index is 12.9. The van der Waals surface area contributed by atoms with Gasteiger partial charge in [0.25, 0.3) is 11.5 Å². The standard InChI is InChI=1S/C22H25N7O2S/c1-13-14(2)32-19-18(13)20(31)28(12-25-19)10-7-17(30)26-16-11-15(22(3,4)5)27-29(16)21-23-8-6-9-24-21/h6,8-9,11-12H,7,10H2,1-5H3,(H,26,30). The van der Waals surface area contributed by atoms with Gasteiger partial charge in [0.1, 0.15) is 10.6 Å². The summed E-state index contributed by atoms with van der Waals surface area (Å²) in [4.78, 5) is 40.3. The number of hydrogen-bond donors (Lipinski definition) is 1. The number of amides is 1. The molecule has 0 aliphatic carbocycles. The Morgan fingerprint density at radius 2 is 1.88 bits per heavy atom. The highest BCUT2D eigenvalue weighted by atomic mass is 32.1. The van der Waals surface area contributed by atoms with Gasteiger partial charge in [-0.3, -0.25) is 14.2 Å². The summed E-state index contributed by atoms with van der Waals surface area (Å²) >= 11 is 1.51. The molecule has 166 valence electrons. The first-order chi connectivity index (χ1) is 15.1. The van der Waals surface area contributed by atoms with Crippen LogP contribution in [0.25, 0.3) is 16.2 Å². The molecule has 4 rings (SSSR count). The van der Waals surface area contributed by atoms with Crippen LogP contribution in [-0.2, 0) is 16.8 Å². The molecule has 1 amide bonds. The predicted molar refractivity (Wildman–Crippen MR) is 124 cm³/mol. The number of rotatable bonds is 5. The molecule has 0 aromatic carbocycles. The number of carbonyl (C=O) groups excluding carboxylic acids is 1. The van der Waals surface area contributed by atoms with E-state index in [9.17, 15) is 9.59 Å². The molecular weight excluding hydrogens is 426 g/mol. The van der Waals surface area contributed by atoms with Gasteiger partial charge in [0.05, 0.1) is 17.4 Å². The molecule has 0 saturated heterocycles. The van der Waals surface area contributed by atoms with Crippen molar-refractivity contribution in [2.24, 2.45) is 0 Å². The van der Waals surface area contributed by atoms with Crippen LogP contribution in [0, 0.1) is 13.8 Å². The van der Waals surface area contributed by atoms with Crippen molar-refractivity contribution in [1.29, 1.82) is 0 Å². The van der Waals surface area contributed by atoms with Crippen molar-refractivity contribution in [2.45, 2.75) is 53.0 Å². The Morgan fingerprint density at radius 1 is 1.16 bits per heavy atom. The molecular formula is C22H25N7O2S. The summed E-state index contributed by atoms with van der Waals surface area (Å²) in [5.41, 5.74) is 1.41. The van der Waals surface area contributed by atoms with E-state index in [2.05, 4.69) is 25.4 Å². The van der Waals surface area contributed by atoms with Gasteiger partial charge in [0.15, 0.2) is 0 Å². The van der Waals surface area contributed by atoms with Gasteiger partial charge in [-0.05, 0) is 25.5 Å².